The summed E-state index contributed by atoms with van der Waals surface area (Å²) in [5.74, 6) is -2.74. The molecule has 6 nitrogen and oxygen atoms in total. The smallest absolute Gasteiger partial charge is 0.373 e. The van der Waals surface area contributed by atoms with E-state index in [1.807, 2.05) is 0 Å². The van der Waals surface area contributed by atoms with Gasteiger partial charge in [-0.15, -0.1) is 0 Å². The number of fused-ring (bicyclic) bond motifs is 1. The van der Waals surface area contributed by atoms with Gasteiger partial charge in [0.05, 0.1) is 11.0 Å². The zero-order chi connectivity index (χ0) is 16.5. The van der Waals surface area contributed by atoms with E-state index in [9.17, 15) is 14.4 Å². The molecular formula is C16H18N2O4. The lowest BCUT2D eigenvalue weighted by Gasteiger charge is -2.27. The number of imidazole rings is 1. The Morgan fingerprint density at radius 1 is 1.18 bits per heavy atom. The second-order valence-electron chi connectivity index (χ2n) is 5.21. The zero-order valence-corrected chi connectivity index (χ0v) is 12.8. The molecule has 0 aliphatic rings. The van der Waals surface area contributed by atoms with Crippen LogP contribution in [0.1, 0.15) is 37.3 Å². The summed E-state index contributed by atoms with van der Waals surface area (Å²) < 4.78 is 1.35. The van der Waals surface area contributed by atoms with Crippen molar-refractivity contribution in [2.45, 2.75) is 33.6 Å². The molecule has 2 aromatic rings. The van der Waals surface area contributed by atoms with Crippen molar-refractivity contribution < 1.29 is 19.5 Å². The fourth-order valence-electron chi connectivity index (χ4n) is 2.79. The number of hydrogen-bond donors (Lipinski definition) is 1. The maximum absolute atomic E-state index is 13.0. The molecule has 0 fully saturated rings. The minimum atomic E-state index is -1.58. The van der Waals surface area contributed by atoms with Crippen LogP contribution in [0.5, 0.6) is 0 Å². The Morgan fingerprint density at radius 2 is 1.77 bits per heavy atom. The number of carbonyl (C=O) groups is 3. The maximum Gasteiger partial charge on any atom is 0.373 e. The van der Waals surface area contributed by atoms with Gasteiger partial charge in [-0.25, -0.2) is 9.78 Å². The first-order chi connectivity index (χ1) is 10.4. The number of carbonyl (C=O) groups excluding carboxylic acids is 2. The minimum absolute atomic E-state index is 0.124. The van der Waals surface area contributed by atoms with Crippen LogP contribution in [-0.4, -0.2) is 32.3 Å². The molecule has 22 heavy (non-hydrogen) atoms. The summed E-state index contributed by atoms with van der Waals surface area (Å²) >= 11 is 0. The minimum Gasteiger partial charge on any atom is -0.475 e. The van der Waals surface area contributed by atoms with E-state index in [0.717, 1.165) is 0 Å². The third kappa shape index (κ3) is 2.20. The maximum atomic E-state index is 13.0. The van der Waals surface area contributed by atoms with Gasteiger partial charge in [-0.2, -0.15) is 0 Å². The molecule has 0 atom stereocenters. The molecule has 0 radical (unpaired) electrons. The quantitative estimate of drug-likeness (QED) is 0.677. The lowest BCUT2D eigenvalue weighted by molar-refractivity contribution is -0.153. The molecular weight excluding hydrogens is 284 g/mol. The SMILES string of the molecule is CCC(CC)(C(=O)C(=O)O)C(=O)n1c(C)nc2ccccc21. The van der Waals surface area contributed by atoms with Crippen LogP contribution in [0.25, 0.3) is 11.0 Å². The average molecular weight is 302 g/mol. The van der Waals surface area contributed by atoms with Crippen molar-refractivity contribution in [2.75, 3.05) is 0 Å². The van der Waals surface area contributed by atoms with Crippen LogP contribution in [0.2, 0.25) is 0 Å². The van der Waals surface area contributed by atoms with E-state index in [0.29, 0.717) is 16.9 Å². The fourth-order valence-corrected chi connectivity index (χ4v) is 2.79. The van der Waals surface area contributed by atoms with Gasteiger partial charge in [0.2, 0.25) is 5.91 Å². The van der Waals surface area contributed by atoms with Gasteiger partial charge in [0, 0.05) is 0 Å². The molecule has 0 bridgehead atoms. The van der Waals surface area contributed by atoms with Crippen LogP contribution in [0, 0.1) is 12.3 Å². The van der Waals surface area contributed by atoms with Gasteiger partial charge in [0.25, 0.3) is 5.78 Å². The Labute approximate surface area is 127 Å². The molecule has 0 saturated carbocycles. The zero-order valence-electron chi connectivity index (χ0n) is 12.8. The van der Waals surface area contributed by atoms with Gasteiger partial charge in [0.15, 0.2) is 0 Å². The Hall–Kier alpha value is -2.50. The molecule has 1 heterocycles. The average Bonchev–Trinajstić information content (AvgIpc) is 2.84. The summed E-state index contributed by atoms with van der Waals surface area (Å²) in [5.41, 5.74) is -0.355. The molecule has 0 unspecified atom stereocenters. The number of carboxylic acids is 1. The highest BCUT2D eigenvalue weighted by Gasteiger charge is 2.47. The number of aliphatic carboxylic acids is 1. The molecule has 0 saturated heterocycles. The van der Waals surface area contributed by atoms with Crippen LogP contribution in [0.15, 0.2) is 24.3 Å². The molecule has 0 spiro atoms. The van der Waals surface area contributed by atoms with Crippen molar-refractivity contribution in [1.82, 2.24) is 9.55 Å². The second-order valence-corrected chi connectivity index (χ2v) is 5.21. The fraction of sp³-hybridized carbons (Fsp3) is 0.375. The van der Waals surface area contributed by atoms with Gasteiger partial charge in [-0.3, -0.25) is 14.2 Å². The Kier molecular flexibility index (Phi) is 4.12. The third-order valence-electron chi connectivity index (χ3n) is 4.18. The first kappa shape index (κ1) is 15.9. The first-order valence-corrected chi connectivity index (χ1v) is 7.15. The normalized spacial score (nSPS) is 11.6. The lowest BCUT2D eigenvalue weighted by Crippen LogP contribution is -2.45. The van der Waals surface area contributed by atoms with Crippen molar-refractivity contribution in [3.8, 4) is 0 Å². The predicted octanol–water partition coefficient (Wildman–Crippen LogP) is 2.45. The summed E-state index contributed by atoms with van der Waals surface area (Å²) in [5, 5.41) is 9.08. The summed E-state index contributed by atoms with van der Waals surface area (Å²) in [6.07, 6.45) is 0.249. The number of aryl methyl sites for hydroxylation is 1. The van der Waals surface area contributed by atoms with Crippen LogP contribution < -0.4 is 0 Å². The number of Topliss-reactive ketones (excluding diaryl/α,β-unsaturated/α-hetero) is 1. The van der Waals surface area contributed by atoms with Crippen LogP contribution in [0.4, 0.5) is 0 Å². The van der Waals surface area contributed by atoms with Crippen molar-refractivity contribution in [2.24, 2.45) is 5.41 Å². The highest BCUT2D eigenvalue weighted by atomic mass is 16.4. The Morgan fingerprint density at radius 3 is 2.32 bits per heavy atom. The van der Waals surface area contributed by atoms with E-state index in [-0.39, 0.29) is 12.8 Å². The highest BCUT2D eigenvalue weighted by molar-refractivity contribution is 6.39. The standard InChI is InChI=1S/C16H18N2O4/c1-4-16(5-2,13(19)14(20)21)15(22)18-10(3)17-11-8-6-7-9-12(11)18/h6-9H,4-5H2,1-3H3,(H,20,21). The van der Waals surface area contributed by atoms with Crippen LogP contribution in [-0.2, 0) is 9.59 Å². The number of carboxylic acid groups (broad SMARTS) is 1. The van der Waals surface area contributed by atoms with Gasteiger partial charge >= 0.3 is 5.97 Å². The number of rotatable bonds is 5. The monoisotopic (exact) mass is 302 g/mol. The summed E-state index contributed by atoms with van der Waals surface area (Å²) in [7, 11) is 0. The molecule has 0 amide bonds. The molecule has 1 aromatic heterocycles. The van der Waals surface area contributed by atoms with Gasteiger partial charge in [0.1, 0.15) is 11.2 Å². The summed E-state index contributed by atoms with van der Waals surface area (Å²) in [6.45, 7) is 4.96. The van der Waals surface area contributed by atoms with Gasteiger partial charge in [-0.1, -0.05) is 26.0 Å². The van der Waals surface area contributed by atoms with Crippen molar-refractivity contribution in [3.05, 3.63) is 30.1 Å². The topological polar surface area (TPSA) is 89.3 Å². The van der Waals surface area contributed by atoms with Crippen molar-refractivity contribution >= 4 is 28.7 Å². The first-order valence-electron chi connectivity index (χ1n) is 7.15. The largest absolute Gasteiger partial charge is 0.475 e. The number of aromatic nitrogens is 2. The summed E-state index contributed by atoms with van der Waals surface area (Å²) in [6, 6.07) is 7.07. The van der Waals surface area contributed by atoms with Crippen LogP contribution in [0.3, 0.4) is 0 Å². The molecule has 0 aliphatic heterocycles. The van der Waals surface area contributed by atoms with Crippen LogP contribution >= 0.6 is 0 Å². The second kappa shape index (κ2) is 5.71. The number of ketones is 1. The van der Waals surface area contributed by atoms with E-state index < -0.39 is 23.1 Å². The highest BCUT2D eigenvalue weighted by Crippen LogP contribution is 2.32. The third-order valence-corrected chi connectivity index (χ3v) is 4.18. The molecule has 1 N–H and O–H groups in total. The Balaban J connectivity index is 2.67. The van der Waals surface area contributed by atoms with Crippen molar-refractivity contribution in [3.63, 3.8) is 0 Å². The lowest BCUT2D eigenvalue weighted by atomic mass is 9.77. The summed E-state index contributed by atoms with van der Waals surface area (Å²) in [4.78, 5) is 40.6. The van der Waals surface area contributed by atoms with Gasteiger partial charge < -0.3 is 5.11 Å². The number of para-hydroxylation sites is 2. The van der Waals surface area contributed by atoms with E-state index in [4.69, 9.17) is 5.11 Å². The molecule has 116 valence electrons. The van der Waals surface area contributed by atoms with E-state index >= 15 is 0 Å². The Bertz CT molecular complexity index is 757. The number of hydrogen-bond acceptors (Lipinski definition) is 4. The number of benzene rings is 1. The molecule has 0 aliphatic carbocycles. The van der Waals surface area contributed by atoms with E-state index in [1.165, 1.54) is 4.57 Å². The van der Waals surface area contributed by atoms with Crippen molar-refractivity contribution in [1.29, 1.82) is 0 Å². The molecule has 6 heteroatoms. The predicted molar refractivity (Wildman–Crippen MR) is 80.8 cm³/mol. The molecule has 1 aromatic carbocycles. The van der Waals surface area contributed by atoms with Gasteiger partial charge in [-0.05, 0) is 31.9 Å². The van der Waals surface area contributed by atoms with E-state index in [1.54, 1.807) is 45.0 Å². The molecule has 2 rings (SSSR count). The van der Waals surface area contributed by atoms with E-state index in [2.05, 4.69) is 4.98 Å². The number of nitrogens with zero attached hydrogens (tertiary/aromatic N) is 2.